The molecule has 0 aliphatic heterocycles. The summed E-state index contributed by atoms with van der Waals surface area (Å²) in [5.74, 6) is 0. The minimum absolute atomic E-state index is 0.881. The number of fused-ring (bicyclic) bond motifs is 3. The second-order valence-electron chi connectivity index (χ2n) is 10.4. The summed E-state index contributed by atoms with van der Waals surface area (Å²) < 4.78 is 6.28. The molecule has 198 valence electrons. The molecule has 0 spiro atoms. The van der Waals surface area contributed by atoms with Crippen LogP contribution in [0.5, 0.6) is 0 Å². The lowest BCUT2D eigenvalue weighted by molar-refractivity contribution is 0.669. The molecule has 6 aromatic carbocycles. The lowest BCUT2D eigenvalue weighted by atomic mass is 10.0. The van der Waals surface area contributed by atoms with E-state index in [4.69, 9.17) is 4.42 Å². The summed E-state index contributed by atoms with van der Waals surface area (Å²) in [4.78, 5) is 4.51. The van der Waals surface area contributed by atoms with Crippen LogP contribution in [-0.2, 0) is 0 Å². The van der Waals surface area contributed by atoms with Crippen LogP contribution in [0.15, 0.2) is 150 Å². The number of anilines is 5. The number of para-hydroxylation sites is 2. The van der Waals surface area contributed by atoms with Gasteiger partial charge in [-0.3, -0.25) is 0 Å². The summed E-state index contributed by atoms with van der Waals surface area (Å²) in [6.45, 7) is 2.12. The first-order valence-electron chi connectivity index (χ1n) is 13.9. The fraction of sp³-hybridized carbons (Fsp3) is 0.0526. The van der Waals surface area contributed by atoms with Gasteiger partial charge in [-0.05, 0) is 90.8 Å². The van der Waals surface area contributed by atoms with Crippen molar-refractivity contribution in [3.63, 3.8) is 0 Å². The molecule has 7 aromatic rings. The standard InChI is InChI=1S/C38H30N2O/c1-27-13-15-28(16-14-27)29-17-19-32(20-18-29)40(31-11-7-4-8-12-31)34-22-24-38-36(26-34)35-25-33(21-23-37(35)41-38)39(2)30-9-5-3-6-10-30/h3-26H,1-2H3. The van der Waals surface area contributed by atoms with E-state index < -0.39 is 0 Å². The van der Waals surface area contributed by atoms with Gasteiger partial charge >= 0.3 is 0 Å². The van der Waals surface area contributed by atoms with Gasteiger partial charge in [-0.15, -0.1) is 0 Å². The SMILES string of the molecule is Cc1ccc(-c2ccc(N(c3ccccc3)c3ccc4oc5ccc(N(C)c6ccccc6)cc5c4c3)cc2)cc1. The van der Waals surface area contributed by atoms with E-state index in [0.717, 1.165) is 50.4 Å². The number of rotatable bonds is 6. The van der Waals surface area contributed by atoms with Crippen molar-refractivity contribution < 1.29 is 4.42 Å². The molecule has 0 radical (unpaired) electrons. The van der Waals surface area contributed by atoms with Gasteiger partial charge in [0.2, 0.25) is 0 Å². The van der Waals surface area contributed by atoms with Crippen molar-refractivity contribution in [2.75, 3.05) is 16.8 Å². The van der Waals surface area contributed by atoms with Crippen molar-refractivity contribution >= 4 is 50.4 Å². The van der Waals surface area contributed by atoms with Crippen molar-refractivity contribution in [3.05, 3.63) is 151 Å². The molecule has 0 atom stereocenters. The molecule has 0 amide bonds. The van der Waals surface area contributed by atoms with Gasteiger partial charge < -0.3 is 14.2 Å². The summed E-state index contributed by atoms with van der Waals surface area (Å²) in [7, 11) is 2.10. The van der Waals surface area contributed by atoms with Crippen molar-refractivity contribution in [2.24, 2.45) is 0 Å². The Balaban J connectivity index is 1.32. The topological polar surface area (TPSA) is 19.6 Å². The van der Waals surface area contributed by atoms with Crippen molar-refractivity contribution in [1.82, 2.24) is 0 Å². The number of nitrogens with zero attached hydrogens (tertiary/aromatic N) is 2. The van der Waals surface area contributed by atoms with Crippen LogP contribution in [-0.4, -0.2) is 7.05 Å². The van der Waals surface area contributed by atoms with Gasteiger partial charge in [0, 0.05) is 46.3 Å². The third-order valence-corrected chi connectivity index (χ3v) is 7.75. The van der Waals surface area contributed by atoms with Crippen LogP contribution in [0.25, 0.3) is 33.1 Å². The Kier molecular flexibility index (Phi) is 6.25. The quantitative estimate of drug-likeness (QED) is 0.213. The molecule has 0 unspecified atom stereocenters. The van der Waals surface area contributed by atoms with E-state index in [1.165, 1.54) is 16.7 Å². The fourth-order valence-corrected chi connectivity index (χ4v) is 5.47. The molecule has 0 aliphatic rings. The lowest BCUT2D eigenvalue weighted by Crippen LogP contribution is -2.09. The summed E-state index contributed by atoms with van der Waals surface area (Å²) in [5.41, 5.74) is 11.0. The Bertz CT molecular complexity index is 1940. The summed E-state index contributed by atoms with van der Waals surface area (Å²) in [5, 5.41) is 2.20. The Morgan fingerprint density at radius 2 is 0.902 bits per heavy atom. The molecule has 0 fully saturated rings. The molecule has 1 aromatic heterocycles. The molecule has 3 nitrogen and oxygen atoms in total. The highest BCUT2D eigenvalue weighted by molar-refractivity contribution is 6.07. The minimum atomic E-state index is 0.881. The Morgan fingerprint density at radius 3 is 1.51 bits per heavy atom. The molecule has 0 saturated carbocycles. The van der Waals surface area contributed by atoms with Crippen LogP contribution in [0.2, 0.25) is 0 Å². The maximum absolute atomic E-state index is 6.28. The zero-order valence-corrected chi connectivity index (χ0v) is 23.2. The smallest absolute Gasteiger partial charge is 0.135 e. The van der Waals surface area contributed by atoms with E-state index in [0.29, 0.717) is 0 Å². The molecule has 3 heteroatoms. The van der Waals surface area contributed by atoms with E-state index in [9.17, 15) is 0 Å². The molecule has 0 N–H and O–H groups in total. The average molecular weight is 531 g/mol. The largest absolute Gasteiger partial charge is 0.456 e. The molecular formula is C38H30N2O. The van der Waals surface area contributed by atoms with E-state index in [1.807, 2.05) is 6.07 Å². The third kappa shape index (κ3) is 4.72. The molecule has 0 saturated heterocycles. The molecular weight excluding hydrogens is 500 g/mol. The Morgan fingerprint density at radius 1 is 0.439 bits per heavy atom. The first-order valence-corrected chi connectivity index (χ1v) is 13.9. The molecule has 0 bridgehead atoms. The highest BCUT2D eigenvalue weighted by Gasteiger charge is 2.16. The van der Waals surface area contributed by atoms with Gasteiger partial charge in [0.05, 0.1) is 0 Å². The van der Waals surface area contributed by atoms with Gasteiger partial charge in [0.1, 0.15) is 11.2 Å². The van der Waals surface area contributed by atoms with Gasteiger partial charge in [-0.2, -0.15) is 0 Å². The highest BCUT2D eigenvalue weighted by Crippen LogP contribution is 2.40. The predicted molar refractivity (Wildman–Crippen MR) is 173 cm³/mol. The maximum Gasteiger partial charge on any atom is 0.135 e. The summed E-state index contributed by atoms with van der Waals surface area (Å²) in [6.07, 6.45) is 0. The Labute approximate surface area is 240 Å². The number of aryl methyl sites for hydroxylation is 1. The van der Waals surface area contributed by atoms with Crippen LogP contribution in [0, 0.1) is 6.92 Å². The highest BCUT2D eigenvalue weighted by atomic mass is 16.3. The average Bonchev–Trinajstić information content (AvgIpc) is 3.40. The van der Waals surface area contributed by atoms with Gasteiger partial charge in [0.25, 0.3) is 0 Å². The number of hydrogen-bond acceptors (Lipinski definition) is 3. The van der Waals surface area contributed by atoms with Gasteiger partial charge in [0.15, 0.2) is 0 Å². The maximum atomic E-state index is 6.28. The van der Waals surface area contributed by atoms with E-state index >= 15 is 0 Å². The molecule has 1 heterocycles. The predicted octanol–water partition coefficient (Wildman–Crippen LogP) is 10.8. The van der Waals surface area contributed by atoms with E-state index in [-0.39, 0.29) is 0 Å². The number of benzene rings is 6. The zero-order valence-electron chi connectivity index (χ0n) is 23.2. The molecule has 41 heavy (non-hydrogen) atoms. The third-order valence-electron chi connectivity index (χ3n) is 7.75. The summed E-state index contributed by atoms with van der Waals surface area (Å²) >= 11 is 0. The van der Waals surface area contributed by atoms with Crippen molar-refractivity contribution in [2.45, 2.75) is 6.92 Å². The second-order valence-corrected chi connectivity index (χ2v) is 10.4. The molecule has 0 aliphatic carbocycles. The Hall–Kier alpha value is -5.28. The summed E-state index contributed by atoms with van der Waals surface area (Å²) in [6, 6.07) is 51.3. The second kappa shape index (κ2) is 10.4. The van der Waals surface area contributed by atoms with Crippen LogP contribution in [0.3, 0.4) is 0 Å². The fourth-order valence-electron chi connectivity index (χ4n) is 5.47. The normalized spacial score (nSPS) is 11.2. The van der Waals surface area contributed by atoms with Crippen molar-refractivity contribution in [3.8, 4) is 11.1 Å². The van der Waals surface area contributed by atoms with E-state index in [1.54, 1.807) is 0 Å². The minimum Gasteiger partial charge on any atom is -0.456 e. The zero-order chi connectivity index (χ0) is 27.8. The van der Waals surface area contributed by atoms with Crippen LogP contribution >= 0.6 is 0 Å². The number of furan rings is 1. The molecule has 7 rings (SSSR count). The van der Waals surface area contributed by atoms with Gasteiger partial charge in [-0.25, -0.2) is 0 Å². The van der Waals surface area contributed by atoms with Crippen LogP contribution < -0.4 is 9.80 Å². The first-order chi connectivity index (χ1) is 20.1. The van der Waals surface area contributed by atoms with Gasteiger partial charge in [-0.1, -0.05) is 78.4 Å². The van der Waals surface area contributed by atoms with Crippen LogP contribution in [0.1, 0.15) is 5.56 Å². The van der Waals surface area contributed by atoms with E-state index in [2.05, 4.69) is 163 Å². The van der Waals surface area contributed by atoms with Crippen molar-refractivity contribution in [1.29, 1.82) is 0 Å². The lowest BCUT2D eigenvalue weighted by Gasteiger charge is -2.25. The monoisotopic (exact) mass is 530 g/mol. The number of hydrogen-bond donors (Lipinski definition) is 0. The van der Waals surface area contributed by atoms with Crippen LogP contribution in [0.4, 0.5) is 28.4 Å². The first kappa shape index (κ1) is 24.7.